The summed E-state index contributed by atoms with van der Waals surface area (Å²) in [5, 5.41) is 0.0923. The molecule has 0 fully saturated rings. The molecule has 10 heteroatoms. The smallest absolute Gasteiger partial charge is 0.420 e. The molecule has 9 nitrogen and oxygen atoms in total. The third kappa shape index (κ3) is 7.41. The van der Waals surface area contributed by atoms with Crippen molar-refractivity contribution < 1.29 is 28.6 Å². The summed E-state index contributed by atoms with van der Waals surface area (Å²) in [5.74, 6) is -0.833. The molecule has 0 spiro atoms. The number of carbonyl (C=O) groups is 3. The van der Waals surface area contributed by atoms with E-state index in [1.165, 1.54) is 6.21 Å². The summed E-state index contributed by atoms with van der Waals surface area (Å²) in [5.41, 5.74) is -1.47. The first kappa shape index (κ1) is 22.7. The highest BCUT2D eigenvalue weighted by Gasteiger charge is 2.41. The van der Waals surface area contributed by atoms with Gasteiger partial charge < -0.3 is 14.2 Å². The average Bonchev–Trinajstić information content (AvgIpc) is 2.87. The van der Waals surface area contributed by atoms with Gasteiger partial charge in [0, 0.05) is 6.42 Å². The van der Waals surface area contributed by atoms with Gasteiger partial charge >= 0.3 is 18.2 Å². The molecule has 1 aliphatic heterocycles. The van der Waals surface area contributed by atoms with Crippen molar-refractivity contribution in [1.82, 2.24) is 4.90 Å². The zero-order valence-corrected chi connectivity index (χ0v) is 17.4. The van der Waals surface area contributed by atoms with E-state index in [1.807, 2.05) is 0 Å². The maximum absolute atomic E-state index is 12.7. The van der Waals surface area contributed by atoms with Crippen LogP contribution in [0.5, 0.6) is 0 Å². The van der Waals surface area contributed by atoms with Crippen LogP contribution < -0.4 is 0 Å². The molecular formula is C17H25N3O6S. The summed E-state index contributed by atoms with van der Waals surface area (Å²) in [6, 6.07) is -1.36. The molecule has 0 radical (unpaired) electrons. The summed E-state index contributed by atoms with van der Waals surface area (Å²) in [6.45, 7) is 9.82. The molecule has 0 aliphatic carbocycles. The summed E-state index contributed by atoms with van der Waals surface area (Å²) in [4.78, 5) is 46.1. The highest BCUT2D eigenvalue weighted by molar-refractivity contribution is 7.80. The van der Waals surface area contributed by atoms with Crippen LogP contribution in [0.15, 0.2) is 9.98 Å². The van der Waals surface area contributed by atoms with Gasteiger partial charge in [0.25, 0.3) is 0 Å². The van der Waals surface area contributed by atoms with Crippen LogP contribution in [-0.4, -0.2) is 64.4 Å². The fourth-order valence-corrected chi connectivity index (χ4v) is 2.14. The van der Waals surface area contributed by atoms with Crippen LogP contribution in [0.1, 0.15) is 48.0 Å². The van der Waals surface area contributed by atoms with Gasteiger partial charge in [-0.1, -0.05) is 0 Å². The summed E-state index contributed by atoms with van der Waals surface area (Å²) in [6.07, 6.45) is -0.856. The second-order valence-electron chi connectivity index (χ2n) is 7.72. The number of esters is 1. The van der Waals surface area contributed by atoms with Crippen molar-refractivity contribution in [2.24, 2.45) is 9.98 Å². The van der Waals surface area contributed by atoms with Crippen LogP contribution in [0.25, 0.3) is 0 Å². The van der Waals surface area contributed by atoms with E-state index in [2.05, 4.69) is 9.98 Å². The summed E-state index contributed by atoms with van der Waals surface area (Å²) in [7, 11) is 1.15. The normalized spacial score (nSPS) is 15.1. The molecule has 0 aromatic carbocycles. The van der Waals surface area contributed by atoms with Crippen LogP contribution >= 0.6 is 12.2 Å². The molecule has 0 aromatic rings. The number of rotatable bonds is 4. The number of amides is 2. The molecule has 0 bridgehead atoms. The molecule has 150 valence electrons. The number of methoxy groups -OCH3 is 1. The Morgan fingerprint density at radius 1 is 1.07 bits per heavy atom. The van der Waals surface area contributed by atoms with Crippen LogP contribution in [0.4, 0.5) is 9.59 Å². The first-order valence-electron chi connectivity index (χ1n) is 8.22. The van der Waals surface area contributed by atoms with Gasteiger partial charge in [-0.3, -0.25) is 0 Å². The summed E-state index contributed by atoms with van der Waals surface area (Å²) >= 11 is 4.86. The van der Waals surface area contributed by atoms with Crippen molar-refractivity contribution in [2.75, 3.05) is 7.11 Å². The second kappa shape index (κ2) is 8.55. The minimum absolute atomic E-state index is 0.0923. The number of ether oxygens (including phenoxy) is 3. The fraction of sp³-hybridized carbons (Fsp3) is 0.647. The number of aliphatic imine (C=N–C) groups is 2. The molecular weight excluding hydrogens is 374 g/mol. The predicted octanol–water partition coefficient (Wildman–Crippen LogP) is 2.90. The van der Waals surface area contributed by atoms with E-state index >= 15 is 0 Å². The standard InChI is InChI=1S/C17H25N3O6S/c1-16(2,3)25-14(22)20(15(23)26-17(4,5)6)11(12(21)24-7)8-10-9-18-13(27)19-10/h9,11H,8H2,1-7H3/t11-/m0/s1. The highest BCUT2D eigenvalue weighted by atomic mass is 32.1. The van der Waals surface area contributed by atoms with Gasteiger partial charge in [0.2, 0.25) is 5.11 Å². The first-order valence-corrected chi connectivity index (χ1v) is 8.63. The van der Waals surface area contributed by atoms with Gasteiger partial charge in [0.15, 0.2) is 0 Å². The molecule has 2 amide bonds. The molecule has 27 heavy (non-hydrogen) atoms. The molecule has 0 saturated carbocycles. The van der Waals surface area contributed by atoms with Crippen molar-refractivity contribution in [1.29, 1.82) is 0 Å². The minimum Gasteiger partial charge on any atom is -0.467 e. The van der Waals surface area contributed by atoms with Gasteiger partial charge in [0.1, 0.15) is 17.2 Å². The Kier molecular flexibility index (Phi) is 7.18. The molecule has 1 heterocycles. The molecule has 1 atom stereocenters. The van der Waals surface area contributed by atoms with E-state index in [1.54, 1.807) is 41.5 Å². The second-order valence-corrected chi connectivity index (χ2v) is 8.08. The minimum atomic E-state index is -1.36. The van der Waals surface area contributed by atoms with Gasteiger partial charge in [-0.15, -0.1) is 0 Å². The molecule has 0 N–H and O–H groups in total. The largest absolute Gasteiger partial charge is 0.467 e. The average molecular weight is 399 g/mol. The molecule has 0 saturated heterocycles. The lowest BCUT2D eigenvalue weighted by molar-refractivity contribution is -0.146. The van der Waals surface area contributed by atoms with Crippen molar-refractivity contribution in [3.63, 3.8) is 0 Å². The van der Waals surface area contributed by atoms with Crippen molar-refractivity contribution in [3.8, 4) is 0 Å². The van der Waals surface area contributed by atoms with Gasteiger partial charge in [0.05, 0.1) is 19.0 Å². The Morgan fingerprint density at radius 2 is 1.56 bits per heavy atom. The molecule has 0 unspecified atom stereocenters. The maximum atomic E-state index is 12.7. The lowest BCUT2D eigenvalue weighted by Crippen LogP contribution is -2.53. The van der Waals surface area contributed by atoms with E-state index in [9.17, 15) is 14.4 Å². The van der Waals surface area contributed by atoms with Gasteiger partial charge in [-0.25, -0.2) is 24.4 Å². The van der Waals surface area contributed by atoms with Crippen LogP contribution in [-0.2, 0) is 19.0 Å². The third-order valence-electron chi connectivity index (χ3n) is 2.93. The number of nitrogens with zero attached hydrogens (tertiary/aromatic N) is 3. The lowest BCUT2D eigenvalue weighted by Gasteiger charge is -2.32. The molecule has 0 aromatic heterocycles. The maximum Gasteiger partial charge on any atom is 0.420 e. The number of carbonyl (C=O) groups excluding carboxylic acids is 3. The Morgan fingerprint density at radius 3 is 1.89 bits per heavy atom. The first-order chi connectivity index (χ1) is 12.2. The van der Waals surface area contributed by atoms with Crippen LogP contribution in [0.2, 0.25) is 0 Å². The van der Waals surface area contributed by atoms with Gasteiger partial charge in [-0.2, -0.15) is 4.90 Å². The number of hydrogen-bond acceptors (Lipinski definition) is 7. The van der Waals surface area contributed by atoms with Crippen LogP contribution in [0.3, 0.4) is 0 Å². The molecule has 1 rings (SSSR count). The van der Waals surface area contributed by atoms with E-state index < -0.39 is 35.4 Å². The molecule has 1 aliphatic rings. The number of hydrogen-bond donors (Lipinski definition) is 0. The summed E-state index contributed by atoms with van der Waals surface area (Å²) < 4.78 is 15.3. The van der Waals surface area contributed by atoms with Crippen LogP contribution in [0, 0.1) is 0 Å². The Labute approximate surface area is 163 Å². The lowest BCUT2D eigenvalue weighted by atomic mass is 10.1. The number of thiocarbonyl (C=S) groups is 1. The van der Waals surface area contributed by atoms with Gasteiger partial charge in [-0.05, 0) is 53.8 Å². The van der Waals surface area contributed by atoms with E-state index in [-0.39, 0.29) is 11.5 Å². The Bertz CT molecular complexity index is 660. The van der Waals surface area contributed by atoms with E-state index in [4.69, 9.17) is 26.4 Å². The zero-order chi connectivity index (χ0) is 21.0. The SMILES string of the molecule is COC(=O)[C@H](CC1=NC(=S)N=C1)N(C(=O)OC(C)(C)C)C(=O)OC(C)(C)C. The predicted molar refractivity (Wildman–Crippen MR) is 103 cm³/mol. The number of imide groups is 1. The Balaban J connectivity index is 3.27. The van der Waals surface area contributed by atoms with E-state index in [0.717, 1.165) is 7.11 Å². The highest BCUT2D eigenvalue weighted by Crippen LogP contribution is 2.20. The van der Waals surface area contributed by atoms with Crippen molar-refractivity contribution >= 4 is 47.4 Å². The fourth-order valence-electron chi connectivity index (χ4n) is 1.97. The Hall–Kier alpha value is -2.36. The quantitative estimate of drug-likeness (QED) is 0.406. The van der Waals surface area contributed by atoms with Crippen molar-refractivity contribution in [3.05, 3.63) is 0 Å². The third-order valence-corrected chi connectivity index (χ3v) is 3.13. The van der Waals surface area contributed by atoms with Crippen molar-refractivity contribution in [2.45, 2.75) is 65.2 Å². The monoisotopic (exact) mass is 399 g/mol. The zero-order valence-electron chi connectivity index (χ0n) is 16.6. The van der Waals surface area contributed by atoms with E-state index in [0.29, 0.717) is 10.6 Å². The topological polar surface area (TPSA) is 107 Å².